The molecule has 18 heavy (non-hydrogen) atoms. The number of nitrogen functional groups attached to an aromatic ring is 1. The fourth-order valence-corrected chi connectivity index (χ4v) is 3.16. The lowest BCUT2D eigenvalue weighted by Gasteiger charge is -2.13. The Labute approximate surface area is 104 Å². The second-order valence-electron chi connectivity index (χ2n) is 4.08. The van der Waals surface area contributed by atoms with E-state index in [2.05, 4.69) is 4.72 Å². The minimum atomic E-state index is -4.10. The van der Waals surface area contributed by atoms with Gasteiger partial charge in [0.1, 0.15) is 4.90 Å². The molecule has 0 radical (unpaired) electrons. The number of anilines is 1. The van der Waals surface area contributed by atoms with Gasteiger partial charge in [-0.1, -0.05) is 12.2 Å². The molecule has 98 valence electrons. The van der Waals surface area contributed by atoms with E-state index in [0.717, 1.165) is 12.1 Å². The molecule has 0 unspecified atom stereocenters. The summed E-state index contributed by atoms with van der Waals surface area (Å²) in [5.74, 6) is -2.69. The van der Waals surface area contributed by atoms with Crippen molar-refractivity contribution in [1.82, 2.24) is 4.72 Å². The summed E-state index contributed by atoms with van der Waals surface area (Å²) in [7, 11) is -4.10. The second-order valence-corrected chi connectivity index (χ2v) is 5.76. The molecule has 0 fully saturated rings. The third-order valence-electron chi connectivity index (χ3n) is 2.64. The van der Waals surface area contributed by atoms with E-state index in [4.69, 9.17) is 5.73 Å². The van der Waals surface area contributed by atoms with Crippen LogP contribution in [0, 0.1) is 11.6 Å². The van der Waals surface area contributed by atoms with Crippen molar-refractivity contribution in [1.29, 1.82) is 0 Å². The van der Waals surface area contributed by atoms with E-state index in [0.29, 0.717) is 12.8 Å². The van der Waals surface area contributed by atoms with Crippen molar-refractivity contribution in [3.05, 3.63) is 35.9 Å². The summed E-state index contributed by atoms with van der Waals surface area (Å²) in [5.41, 5.74) is 5.18. The van der Waals surface area contributed by atoms with E-state index in [-0.39, 0.29) is 11.7 Å². The molecule has 0 aliphatic heterocycles. The minimum Gasteiger partial charge on any atom is -0.399 e. The van der Waals surface area contributed by atoms with Crippen LogP contribution in [0.25, 0.3) is 0 Å². The van der Waals surface area contributed by atoms with E-state index < -0.39 is 26.6 Å². The van der Waals surface area contributed by atoms with Crippen molar-refractivity contribution >= 4 is 15.7 Å². The third-order valence-corrected chi connectivity index (χ3v) is 4.16. The molecule has 4 nitrogen and oxygen atoms in total. The Bertz CT molecular complexity index is 591. The SMILES string of the molecule is Nc1cc(F)c(F)c(S(=O)(=O)NC2CC=CC2)c1. The van der Waals surface area contributed by atoms with Gasteiger partial charge in [-0.25, -0.2) is 21.9 Å². The fourth-order valence-electron chi connectivity index (χ4n) is 1.78. The fraction of sp³-hybridized carbons (Fsp3) is 0.273. The first-order valence-corrected chi connectivity index (χ1v) is 6.80. The molecular weight excluding hydrogens is 262 g/mol. The Kier molecular flexibility index (Phi) is 3.36. The van der Waals surface area contributed by atoms with Gasteiger partial charge in [-0.05, 0) is 25.0 Å². The van der Waals surface area contributed by atoms with Gasteiger partial charge >= 0.3 is 0 Å². The first-order valence-electron chi connectivity index (χ1n) is 5.32. The van der Waals surface area contributed by atoms with Crippen LogP contribution >= 0.6 is 0 Å². The number of benzene rings is 1. The second kappa shape index (κ2) is 4.66. The van der Waals surface area contributed by atoms with Gasteiger partial charge in [0.15, 0.2) is 11.6 Å². The zero-order valence-corrected chi connectivity index (χ0v) is 10.2. The highest BCUT2D eigenvalue weighted by molar-refractivity contribution is 7.89. The van der Waals surface area contributed by atoms with E-state index >= 15 is 0 Å². The van der Waals surface area contributed by atoms with Crippen molar-refractivity contribution in [2.75, 3.05) is 5.73 Å². The number of sulfonamides is 1. The molecule has 1 aromatic carbocycles. The van der Waals surface area contributed by atoms with Gasteiger partial charge in [-0.2, -0.15) is 0 Å². The van der Waals surface area contributed by atoms with Gasteiger partial charge in [-0.3, -0.25) is 0 Å². The molecule has 1 aromatic rings. The number of nitrogens with one attached hydrogen (secondary N) is 1. The van der Waals surface area contributed by atoms with Gasteiger partial charge in [-0.15, -0.1) is 0 Å². The monoisotopic (exact) mass is 274 g/mol. The molecule has 0 aromatic heterocycles. The van der Waals surface area contributed by atoms with Gasteiger partial charge in [0.05, 0.1) is 0 Å². The molecule has 0 bridgehead atoms. The molecule has 7 heteroatoms. The molecule has 2 rings (SSSR count). The average molecular weight is 274 g/mol. The number of hydrogen-bond acceptors (Lipinski definition) is 3. The lowest BCUT2D eigenvalue weighted by Crippen LogP contribution is -2.33. The molecule has 0 heterocycles. The maximum absolute atomic E-state index is 13.5. The highest BCUT2D eigenvalue weighted by Gasteiger charge is 2.25. The summed E-state index contributed by atoms with van der Waals surface area (Å²) >= 11 is 0. The van der Waals surface area contributed by atoms with Crippen LogP contribution in [-0.4, -0.2) is 14.5 Å². The quantitative estimate of drug-likeness (QED) is 0.648. The highest BCUT2D eigenvalue weighted by Crippen LogP contribution is 2.22. The smallest absolute Gasteiger partial charge is 0.243 e. The van der Waals surface area contributed by atoms with Crippen molar-refractivity contribution in [3.8, 4) is 0 Å². The van der Waals surface area contributed by atoms with Crippen molar-refractivity contribution in [2.45, 2.75) is 23.8 Å². The number of rotatable bonds is 3. The largest absolute Gasteiger partial charge is 0.399 e. The lowest BCUT2D eigenvalue weighted by molar-refractivity contribution is 0.481. The zero-order chi connectivity index (χ0) is 13.3. The van der Waals surface area contributed by atoms with Crippen LogP contribution in [0.3, 0.4) is 0 Å². The minimum absolute atomic E-state index is 0.140. The third kappa shape index (κ3) is 2.51. The number of hydrogen-bond donors (Lipinski definition) is 2. The molecule has 0 atom stereocenters. The summed E-state index contributed by atoms with van der Waals surface area (Å²) in [6.45, 7) is 0. The first-order chi connectivity index (χ1) is 8.40. The van der Waals surface area contributed by atoms with Crippen LogP contribution in [0.1, 0.15) is 12.8 Å². The Balaban J connectivity index is 2.34. The normalized spacial score (nSPS) is 16.3. The maximum Gasteiger partial charge on any atom is 0.243 e. The summed E-state index contributed by atoms with van der Waals surface area (Å²) in [6, 6.07) is 1.33. The Morgan fingerprint density at radius 1 is 1.22 bits per heavy atom. The maximum atomic E-state index is 13.5. The molecule has 0 spiro atoms. The molecule has 1 aliphatic rings. The number of nitrogens with two attached hydrogens (primary N) is 1. The van der Waals surface area contributed by atoms with Gasteiger partial charge in [0.2, 0.25) is 10.0 Å². The van der Waals surface area contributed by atoms with Crippen LogP contribution in [-0.2, 0) is 10.0 Å². The summed E-state index contributed by atoms with van der Waals surface area (Å²) in [6.07, 6.45) is 4.71. The Morgan fingerprint density at radius 2 is 1.83 bits per heavy atom. The predicted molar refractivity (Wildman–Crippen MR) is 63.3 cm³/mol. The van der Waals surface area contributed by atoms with Crippen LogP contribution in [0.4, 0.5) is 14.5 Å². The first kappa shape index (κ1) is 13.0. The van der Waals surface area contributed by atoms with Crippen LogP contribution < -0.4 is 10.5 Å². The van der Waals surface area contributed by atoms with Crippen LogP contribution in [0.5, 0.6) is 0 Å². The zero-order valence-electron chi connectivity index (χ0n) is 9.36. The van der Waals surface area contributed by atoms with Gasteiger partial charge in [0.25, 0.3) is 0 Å². The standard InChI is InChI=1S/C11H12F2N2O2S/c12-9-5-7(14)6-10(11(9)13)18(16,17)15-8-3-1-2-4-8/h1-2,5-6,8,15H,3-4,14H2. The molecule has 0 saturated heterocycles. The van der Waals surface area contributed by atoms with E-state index in [1.54, 1.807) is 0 Å². The van der Waals surface area contributed by atoms with E-state index in [9.17, 15) is 17.2 Å². The highest BCUT2D eigenvalue weighted by atomic mass is 32.2. The number of halogens is 2. The van der Waals surface area contributed by atoms with Crippen molar-refractivity contribution in [2.24, 2.45) is 0 Å². The average Bonchev–Trinajstić information content (AvgIpc) is 2.75. The molecular formula is C11H12F2N2O2S. The molecule has 3 N–H and O–H groups in total. The Hall–Kier alpha value is -1.47. The van der Waals surface area contributed by atoms with Crippen molar-refractivity contribution in [3.63, 3.8) is 0 Å². The summed E-state index contributed by atoms with van der Waals surface area (Å²) < 4.78 is 52.7. The van der Waals surface area contributed by atoms with Gasteiger partial charge in [0, 0.05) is 11.7 Å². The molecule has 0 amide bonds. The van der Waals surface area contributed by atoms with Crippen LogP contribution in [0.2, 0.25) is 0 Å². The van der Waals surface area contributed by atoms with Gasteiger partial charge < -0.3 is 5.73 Å². The molecule has 1 aliphatic carbocycles. The summed E-state index contributed by atoms with van der Waals surface area (Å²) in [5, 5.41) is 0. The van der Waals surface area contributed by atoms with E-state index in [1.165, 1.54) is 0 Å². The van der Waals surface area contributed by atoms with E-state index in [1.807, 2.05) is 12.2 Å². The Morgan fingerprint density at radius 3 is 2.44 bits per heavy atom. The van der Waals surface area contributed by atoms with Crippen molar-refractivity contribution < 1.29 is 17.2 Å². The van der Waals surface area contributed by atoms with Crippen LogP contribution in [0.15, 0.2) is 29.2 Å². The summed E-state index contributed by atoms with van der Waals surface area (Å²) in [4.78, 5) is -0.757. The predicted octanol–water partition coefficient (Wildman–Crippen LogP) is 1.54. The molecule has 0 saturated carbocycles. The topological polar surface area (TPSA) is 72.2 Å². The lowest BCUT2D eigenvalue weighted by atomic mass is 10.3.